The quantitative estimate of drug-likeness (QED) is 0.349. The van der Waals surface area contributed by atoms with Crippen LogP contribution >= 0.6 is 0 Å². The van der Waals surface area contributed by atoms with Gasteiger partial charge in [0.25, 0.3) is 5.91 Å². The number of hydrogen-bond donors (Lipinski definition) is 1. The lowest BCUT2D eigenvalue weighted by Gasteiger charge is -2.24. The zero-order chi connectivity index (χ0) is 23.9. The summed E-state index contributed by atoms with van der Waals surface area (Å²) in [5.41, 5.74) is 0.665. The van der Waals surface area contributed by atoms with Crippen molar-refractivity contribution in [1.82, 2.24) is 14.8 Å². The molecule has 3 amide bonds. The molecular formula is C27H22N4O3. The molecule has 168 valence electrons. The molecule has 4 aromatic rings. The van der Waals surface area contributed by atoms with Crippen molar-refractivity contribution in [2.75, 3.05) is 6.54 Å². The highest BCUT2D eigenvalue weighted by Crippen LogP contribution is 2.34. The molecule has 5 rings (SSSR count). The van der Waals surface area contributed by atoms with Gasteiger partial charge in [0, 0.05) is 29.2 Å². The van der Waals surface area contributed by atoms with Gasteiger partial charge in [-0.05, 0) is 29.3 Å². The van der Waals surface area contributed by atoms with E-state index in [-0.39, 0.29) is 12.3 Å². The Morgan fingerprint density at radius 1 is 1.00 bits per heavy atom. The van der Waals surface area contributed by atoms with E-state index < -0.39 is 17.5 Å². The third-order valence-corrected chi connectivity index (χ3v) is 6.46. The van der Waals surface area contributed by atoms with Crippen LogP contribution in [0.4, 0.5) is 4.79 Å². The van der Waals surface area contributed by atoms with Crippen LogP contribution in [0.3, 0.4) is 0 Å². The number of aryl methyl sites for hydroxylation is 1. The second kappa shape index (κ2) is 8.16. The maximum absolute atomic E-state index is 13.5. The van der Waals surface area contributed by atoms with E-state index in [0.717, 1.165) is 26.6 Å². The molecule has 0 aliphatic carbocycles. The number of hydrogen-bond acceptors (Lipinski definition) is 4. The summed E-state index contributed by atoms with van der Waals surface area (Å²) in [6, 6.07) is 22.2. The maximum atomic E-state index is 13.5. The van der Waals surface area contributed by atoms with Gasteiger partial charge in [-0.25, -0.2) is 4.79 Å². The van der Waals surface area contributed by atoms with Crippen LogP contribution in [0.5, 0.6) is 0 Å². The number of para-hydroxylation sites is 1. The van der Waals surface area contributed by atoms with Gasteiger partial charge in [-0.2, -0.15) is 5.26 Å². The van der Waals surface area contributed by atoms with E-state index >= 15 is 0 Å². The first-order valence-corrected chi connectivity index (χ1v) is 11.0. The predicted octanol–water partition coefficient (Wildman–Crippen LogP) is 4.36. The first-order valence-electron chi connectivity index (χ1n) is 11.0. The number of benzene rings is 3. The summed E-state index contributed by atoms with van der Waals surface area (Å²) in [5.74, 6) is -0.798. The van der Waals surface area contributed by atoms with E-state index in [2.05, 4.69) is 11.4 Å². The molecule has 1 aliphatic rings. The lowest BCUT2D eigenvalue weighted by Crippen LogP contribution is -2.41. The fourth-order valence-electron chi connectivity index (χ4n) is 4.74. The third-order valence-electron chi connectivity index (χ3n) is 6.46. The van der Waals surface area contributed by atoms with Crippen molar-refractivity contribution in [3.8, 4) is 6.07 Å². The minimum Gasteiger partial charge on any atom is -0.346 e. The topological polar surface area (TPSA) is 95.2 Å². The average molecular weight is 450 g/mol. The molecule has 0 saturated carbocycles. The number of nitriles is 1. The number of fused-ring (bicyclic) bond motifs is 2. The van der Waals surface area contributed by atoms with Gasteiger partial charge in [0.05, 0.1) is 19.0 Å². The van der Waals surface area contributed by atoms with Gasteiger partial charge >= 0.3 is 6.03 Å². The van der Waals surface area contributed by atoms with Crippen LogP contribution in [0.2, 0.25) is 0 Å². The highest BCUT2D eigenvalue weighted by atomic mass is 16.2. The van der Waals surface area contributed by atoms with Gasteiger partial charge < -0.3 is 9.88 Å². The van der Waals surface area contributed by atoms with Crippen LogP contribution in [0.15, 0.2) is 72.9 Å². The molecule has 1 fully saturated rings. The highest BCUT2D eigenvalue weighted by molar-refractivity contribution is 6.15. The van der Waals surface area contributed by atoms with Gasteiger partial charge in [-0.15, -0.1) is 0 Å². The summed E-state index contributed by atoms with van der Waals surface area (Å²) in [6.45, 7) is 1.76. The van der Waals surface area contributed by atoms with Crippen LogP contribution < -0.4 is 5.32 Å². The number of urea groups is 1. The van der Waals surface area contributed by atoms with Gasteiger partial charge in [0.15, 0.2) is 5.78 Å². The zero-order valence-electron chi connectivity index (χ0n) is 18.6. The Labute approximate surface area is 196 Å². The summed E-state index contributed by atoms with van der Waals surface area (Å²) in [5, 5.41) is 14.3. The molecule has 34 heavy (non-hydrogen) atoms. The molecule has 0 radical (unpaired) electrons. The predicted molar refractivity (Wildman–Crippen MR) is 128 cm³/mol. The van der Waals surface area contributed by atoms with Gasteiger partial charge in [0.1, 0.15) is 5.54 Å². The largest absolute Gasteiger partial charge is 0.346 e. The second-order valence-corrected chi connectivity index (χ2v) is 8.56. The summed E-state index contributed by atoms with van der Waals surface area (Å²) >= 11 is 0. The standard InChI is InChI=1S/C27H22N4O3/c1-27(22-12-6-9-18-8-2-3-10-19(18)22)25(33)31(26(34)29-27)17-24(32)21-16-30(15-7-14-28)23-13-5-4-11-20(21)23/h2-6,8-13,16H,7,15,17H2,1H3,(H,29,34)/t27-/m0/s1. The van der Waals surface area contributed by atoms with Crippen molar-refractivity contribution in [2.45, 2.75) is 25.4 Å². The molecule has 1 atom stereocenters. The number of carbonyl (C=O) groups excluding carboxylic acids is 3. The Morgan fingerprint density at radius 2 is 1.71 bits per heavy atom. The van der Waals surface area contributed by atoms with Crippen molar-refractivity contribution in [1.29, 1.82) is 5.26 Å². The van der Waals surface area contributed by atoms with Crippen molar-refractivity contribution in [2.24, 2.45) is 0 Å². The minimum atomic E-state index is -1.28. The van der Waals surface area contributed by atoms with E-state index in [9.17, 15) is 14.4 Å². The van der Waals surface area contributed by atoms with Crippen LogP contribution in [-0.4, -0.2) is 33.7 Å². The van der Waals surface area contributed by atoms with E-state index in [4.69, 9.17) is 5.26 Å². The maximum Gasteiger partial charge on any atom is 0.325 e. The molecule has 1 N–H and O–H groups in total. The van der Waals surface area contributed by atoms with Crippen LogP contribution in [0.1, 0.15) is 29.3 Å². The number of ketones is 1. The van der Waals surface area contributed by atoms with Crippen LogP contribution in [-0.2, 0) is 16.9 Å². The Kier molecular flexibility index (Phi) is 5.14. The number of carbonyl (C=O) groups is 3. The van der Waals surface area contributed by atoms with Crippen molar-refractivity contribution in [3.63, 3.8) is 0 Å². The van der Waals surface area contributed by atoms with Crippen molar-refractivity contribution < 1.29 is 14.4 Å². The summed E-state index contributed by atoms with van der Waals surface area (Å²) in [4.78, 5) is 40.7. The van der Waals surface area contributed by atoms with Crippen molar-refractivity contribution >= 4 is 39.4 Å². The minimum absolute atomic E-state index is 0.308. The Balaban J connectivity index is 1.47. The molecule has 0 unspecified atom stereocenters. The molecule has 1 aromatic heterocycles. The smallest absolute Gasteiger partial charge is 0.325 e. The number of aromatic nitrogens is 1. The first-order chi connectivity index (χ1) is 16.4. The van der Waals surface area contributed by atoms with E-state index in [1.807, 2.05) is 71.3 Å². The fraction of sp³-hybridized carbons (Fsp3) is 0.185. The van der Waals surface area contributed by atoms with Crippen LogP contribution in [0, 0.1) is 11.3 Å². The SMILES string of the molecule is C[C@@]1(c2cccc3ccccc23)NC(=O)N(CC(=O)c2cn(CCC#N)c3ccccc23)C1=O. The van der Waals surface area contributed by atoms with Gasteiger partial charge in [-0.3, -0.25) is 14.5 Å². The highest BCUT2D eigenvalue weighted by Gasteiger charge is 2.50. The molecule has 0 spiro atoms. The molecule has 1 saturated heterocycles. The molecule has 1 aliphatic heterocycles. The number of amides is 3. The second-order valence-electron chi connectivity index (χ2n) is 8.56. The van der Waals surface area contributed by atoms with Gasteiger partial charge in [0.2, 0.25) is 0 Å². The van der Waals surface area contributed by atoms with Crippen LogP contribution in [0.25, 0.3) is 21.7 Å². The fourth-order valence-corrected chi connectivity index (χ4v) is 4.74. The van der Waals surface area contributed by atoms with E-state index in [1.54, 1.807) is 13.1 Å². The van der Waals surface area contributed by atoms with E-state index in [0.29, 0.717) is 24.1 Å². The summed E-state index contributed by atoms with van der Waals surface area (Å²) < 4.78 is 1.86. The number of Topliss-reactive ketones (excluding diaryl/α,β-unsaturated/α-hetero) is 1. The molecule has 3 aromatic carbocycles. The number of rotatable bonds is 6. The summed E-state index contributed by atoms with van der Waals surface area (Å²) in [6.07, 6.45) is 2.01. The Hall–Kier alpha value is -4.44. The number of imide groups is 1. The molecule has 2 heterocycles. The number of nitrogens with zero attached hydrogens (tertiary/aromatic N) is 3. The Bertz CT molecular complexity index is 1510. The third kappa shape index (κ3) is 3.32. The molecular weight excluding hydrogens is 428 g/mol. The lowest BCUT2D eigenvalue weighted by molar-refractivity contribution is -0.130. The summed E-state index contributed by atoms with van der Waals surface area (Å²) in [7, 11) is 0. The monoisotopic (exact) mass is 450 g/mol. The molecule has 0 bridgehead atoms. The Morgan fingerprint density at radius 3 is 2.50 bits per heavy atom. The normalized spacial score (nSPS) is 17.8. The van der Waals surface area contributed by atoms with Crippen molar-refractivity contribution in [3.05, 3.63) is 84.1 Å². The zero-order valence-corrected chi connectivity index (χ0v) is 18.6. The lowest BCUT2D eigenvalue weighted by atomic mass is 9.88. The molecule has 7 heteroatoms. The molecule has 7 nitrogen and oxygen atoms in total. The van der Waals surface area contributed by atoms with E-state index in [1.165, 1.54) is 0 Å². The number of nitrogens with one attached hydrogen (secondary N) is 1. The average Bonchev–Trinajstić information content (AvgIpc) is 3.33. The first kappa shape index (κ1) is 21.4. The van der Waals surface area contributed by atoms with Gasteiger partial charge in [-0.1, -0.05) is 60.7 Å².